The molecule has 0 saturated carbocycles. The highest BCUT2D eigenvalue weighted by molar-refractivity contribution is 6.18. The molecule has 1 aromatic carbocycles. The molecule has 17 heavy (non-hydrogen) atoms. The lowest BCUT2D eigenvalue weighted by atomic mass is 9.93. The van der Waals surface area contributed by atoms with Crippen LogP contribution in [0.4, 0.5) is 0 Å². The van der Waals surface area contributed by atoms with Crippen molar-refractivity contribution in [1.29, 1.82) is 0 Å². The van der Waals surface area contributed by atoms with E-state index >= 15 is 0 Å². The minimum atomic E-state index is -0.485. The number of carbonyl (C=O) groups is 2. The van der Waals surface area contributed by atoms with Gasteiger partial charge in [0.1, 0.15) is 0 Å². The van der Waals surface area contributed by atoms with Crippen LogP contribution in [-0.2, 0) is 22.4 Å². The second-order valence-electron chi connectivity index (χ2n) is 4.58. The molecule has 0 bridgehead atoms. The SMILES string of the molecule is CCc1cc(C)cc(CC2C(=O)C=CC2=O)c1. The second kappa shape index (κ2) is 4.66. The number of ketones is 2. The van der Waals surface area contributed by atoms with Crippen molar-refractivity contribution in [2.24, 2.45) is 5.92 Å². The largest absolute Gasteiger partial charge is 0.294 e. The number of hydrogen-bond acceptors (Lipinski definition) is 2. The van der Waals surface area contributed by atoms with Crippen LogP contribution in [0.1, 0.15) is 23.6 Å². The van der Waals surface area contributed by atoms with E-state index in [0.717, 1.165) is 12.0 Å². The van der Waals surface area contributed by atoms with Gasteiger partial charge in [0.2, 0.25) is 0 Å². The fraction of sp³-hybridized carbons (Fsp3) is 0.333. The molecule has 0 amide bonds. The zero-order valence-electron chi connectivity index (χ0n) is 10.2. The summed E-state index contributed by atoms with van der Waals surface area (Å²) in [6.07, 6.45) is 4.28. The molecular formula is C15H16O2. The van der Waals surface area contributed by atoms with Crippen molar-refractivity contribution in [3.05, 3.63) is 47.0 Å². The van der Waals surface area contributed by atoms with E-state index in [1.54, 1.807) is 0 Å². The maximum absolute atomic E-state index is 11.5. The van der Waals surface area contributed by atoms with Crippen molar-refractivity contribution in [3.63, 3.8) is 0 Å². The van der Waals surface area contributed by atoms with E-state index in [1.807, 2.05) is 6.92 Å². The number of aryl methyl sites for hydroxylation is 2. The van der Waals surface area contributed by atoms with Crippen molar-refractivity contribution in [2.75, 3.05) is 0 Å². The molecule has 1 aromatic rings. The van der Waals surface area contributed by atoms with Gasteiger partial charge in [-0.3, -0.25) is 9.59 Å². The zero-order chi connectivity index (χ0) is 12.4. The van der Waals surface area contributed by atoms with E-state index in [1.165, 1.54) is 23.3 Å². The van der Waals surface area contributed by atoms with Gasteiger partial charge >= 0.3 is 0 Å². The summed E-state index contributed by atoms with van der Waals surface area (Å²) in [6.45, 7) is 4.14. The first kappa shape index (κ1) is 11.8. The summed E-state index contributed by atoms with van der Waals surface area (Å²) in [5.41, 5.74) is 3.52. The van der Waals surface area contributed by atoms with Gasteiger partial charge in [0.15, 0.2) is 11.6 Å². The molecule has 2 rings (SSSR count). The Hall–Kier alpha value is -1.70. The van der Waals surface area contributed by atoms with Gasteiger partial charge in [-0.2, -0.15) is 0 Å². The zero-order valence-corrected chi connectivity index (χ0v) is 10.2. The molecule has 0 spiro atoms. The van der Waals surface area contributed by atoms with Gasteiger partial charge in [0.25, 0.3) is 0 Å². The number of rotatable bonds is 3. The monoisotopic (exact) mass is 228 g/mol. The Labute approximate surface area is 101 Å². The van der Waals surface area contributed by atoms with Gasteiger partial charge in [-0.25, -0.2) is 0 Å². The quantitative estimate of drug-likeness (QED) is 0.744. The molecule has 1 aliphatic rings. The molecule has 0 N–H and O–H groups in total. The van der Waals surface area contributed by atoms with E-state index < -0.39 is 5.92 Å². The second-order valence-corrected chi connectivity index (χ2v) is 4.58. The van der Waals surface area contributed by atoms with Gasteiger partial charge in [0.05, 0.1) is 5.92 Å². The molecule has 0 fully saturated rings. The third-order valence-corrected chi connectivity index (χ3v) is 3.14. The van der Waals surface area contributed by atoms with Crippen molar-refractivity contribution < 1.29 is 9.59 Å². The lowest BCUT2D eigenvalue weighted by Gasteiger charge is -2.09. The Morgan fingerprint density at radius 1 is 1.00 bits per heavy atom. The van der Waals surface area contributed by atoms with Crippen LogP contribution < -0.4 is 0 Å². The number of hydrogen-bond donors (Lipinski definition) is 0. The van der Waals surface area contributed by atoms with Crippen LogP contribution >= 0.6 is 0 Å². The highest BCUT2D eigenvalue weighted by Gasteiger charge is 2.28. The lowest BCUT2D eigenvalue weighted by molar-refractivity contribution is -0.125. The number of benzene rings is 1. The fourth-order valence-electron chi connectivity index (χ4n) is 2.24. The molecule has 0 heterocycles. The molecule has 1 aliphatic carbocycles. The van der Waals surface area contributed by atoms with Crippen LogP contribution in [0.5, 0.6) is 0 Å². The minimum Gasteiger partial charge on any atom is -0.294 e. The van der Waals surface area contributed by atoms with Crippen LogP contribution in [0.3, 0.4) is 0 Å². The average Bonchev–Trinajstić information content (AvgIpc) is 2.60. The maximum Gasteiger partial charge on any atom is 0.166 e. The molecule has 0 saturated heterocycles. The predicted molar refractivity (Wildman–Crippen MR) is 66.9 cm³/mol. The molecule has 0 radical (unpaired) electrons. The first-order chi connectivity index (χ1) is 8.10. The van der Waals surface area contributed by atoms with Crippen molar-refractivity contribution in [3.8, 4) is 0 Å². The number of carbonyl (C=O) groups excluding carboxylic acids is 2. The number of allylic oxidation sites excluding steroid dienone is 2. The molecule has 88 valence electrons. The molecule has 0 aliphatic heterocycles. The summed E-state index contributed by atoms with van der Waals surface area (Å²) in [5.74, 6) is -0.606. The highest BCUT2D eigenvalue weighted by atomic mass is 16.2. The molecule has 0 atom stereocenters. The summed E-state index contributed by atoms with van der Waals surface area (Å²) >= 11 is 0. The third kappa shape index (κ3) is 2.52. The Morgan fingerprint density at radius 3 is 2.18 bits per heavy atom. The normalized spacial score (nSPS) is 15.9. The molecule has 2 nitrogen and oxygen atoms in total. The summed E-state index contributed by atoms with van der Waals surface area (Å²) in [4.78, 5) is 23.0. The van der Waals surface area contributed by atoms with Gasteiger partial charge in [0, 0.05) is 0 Å². The van der Waals surface area contributed by atoms with Crippen LogP contribution in [-0.4, -0.2) is 11.6 Å². The Balaban J connectivity index is 2.21. The van der Waals surface area contributed by atoms with Crippen molar-refractivity contribution >= 4 is 11.6 Å². The summed E-state index contributed by atoms with van der Waals surface area (Å²) in [7, 11) is 0. The first-order valence-corrected chi connectivity index (χ1v) is 5.95. The minimum absolute atomic E-state index is 0.0606. The van der Waals surface area contributed by atoms with Crippen molar-refractivity contribution in [2.45, 2.75) is 26.7 Å². The topological polar surface area (TPSA) is 34.1 Å². The van der Waals surface area contributed by atoms with E-state index in [0.29, 0.717) is 6.42 Å². The van der Waals surface area contributed by atoms with Crippen LogP contribution in [0, 0.1) is 12.8 Å². The standard InChI is InChI=1S/C15H16O2/c1-3-11-6-10(2)7-12(8-11)9-13-14(16)4-5-15(13)17/h4-8,13H,3,9H2,1-2H3. The van der Waals surface area contributed by atoms with E-state index in [9.17, 15) is 9.59 Å². The summed E-state index contributed by atoms with van der Waals surface area (Å²) < 4.78 is 0. The van der Waals surface area contributed by atoms with Crippen LogP contribution in [0.2, 0.25) is 0 Å². The van der Waals surface area contributed by atoms with Crippen LogP contribution in [0.25, 0.3) is 0 Å². The highest BCUT2D eigenvalue weighted by Crippen LogP contribution is 2.19. The maximum atomic E-state index is 11.5. The van der Waals surface area contributed by atoms with Gasteiger partial charge in [-0.05, 0) is 43.0 Å². The smallest absolute Gasteiger partial charge is 0.166 e. The predicted octanol–water partition coefficient (Wildman–Crippen LogP) is 2.42. The van der Waals surface area contributed by atoms with Crippen LogP contribution in [0.15, 0.2) is 30.4 Å². The average molecular weight is 228 g/mol. The fourth-order valence-corrected chi connectivity index (χ4v) is 2.24. The molecule has 0 unspecified atom stereocenters. The Bertz CT molecular complexity index is 480. The molecular weight excluding hydrogens is 212 g/mol. The van der Waals surface area contributed by atoms with E-state index in [4.69, 9.17) is 0 Å². The summed E-state index contributed by atoms with van der Waals surface area (Å²) in [5, 5.41) is 0. The Kier molecular flexibility index (Phi) is 3.23. The van der Waals surface area contributed by atoms with Gasteiger partial charge in [-0.15, -0.1) is 0 Å². The molecule has 0 aromatic heterocycles. The molecule has 2 heteroatoms. The van der Waals surface area contributed by atoms with Gasteiger partial charge in [-0.1, -0.05) is 30.7 Å². The van der Waals surface area contributed by atoms with E-state index in [2.05, 4.69) is 25.1 Å². The third-order valence-electron chi connectivity index (χ3n) is 3.14. The summed E-state index contributed by atoms with van der Waals surface area (Å²) in [6, 6.07) is 6.28. The first-order valence-electron chi connectivity index (χ1n) is 5.95. The lowest BCUT2D eigenvalue weighted by Crippen LogP contribution is -2.18. The van der Waals surface area contributed by atoms with E-state index in [-0.39, 0.29) is 11.6 Å². The Morgan fingerprint density at radius 2 is 1.59 bits per heavy atom. The van der Waals surface area contributed by atoms with Crippen molar-refractivity contribution in [1.82, 2.24) is 0 Å². The van der Waals surface area contributed by atoms with Gasteiger partial charge < -0.3 is 0 Å².